The Morgan fingerprint density at radius 2 is 2.14 bits per heavy atom. The molecule has 5 atom stereocenters. The molecule has 3 rings (SSSR count). The average molecular weight is 214 g/mol. The summed E-state index contributed by atoms with van der Waals surface area (Å²) in [7, 11) is 0. The second-order valence-corrected chi connectivity index (χ2v) is 5.13. The van der Waals surface area contributed by atoms with Crippen LogP contribution in [-0.2, 0) is 0 Å². The van der Waals surface area contributed by atoms with E-state index in [-0.39, 0.29) is 5.38 Å². The molecular weight excluding hydrogens is 200 g/mol. The number of nitrogens with zero attached hydrogens (tertiary/aromatic N) is 3. The van der Waals surface area contributed by atoms with Gasteiger partial charge in [0.25, 0.3) is 0 Å². The van der Waals surface area contributed by atoms with Crippen molar-refractivity contribution in [3.05, 3.63) is 5.82 Å². The van der Waals surface area contributed by atoms with Gasteiger partial charge in [-0.05, 0) is 22.7 Å². The lowest BCUT2D eigenvalue weighted by atomic mass is 10.3. The number of aromatic nitrogens is 4. The van der Waals surface area contributed by atoms with Crippen LogP contribution in [0.1, 0.15) is 38.1 Å². The summed E-state index contributed by atoms with van der Waals surface area (Å²) in [5, 5.41) is 11.8. The molecule has 0 radical (unpaired) electrons. The van der Waals surface area contributed by atoms with Crippen LogP contribution in [0.3, 0.4) is 0 Å². The Bertz CT molecular complexity index is 355. The van der Waals surface area contributed by atoms with Gasteiger partial charge in [0.15, 0.2) is 6.04 Å². The first-order valence-corrected chi connectivity index (χ1v) is 5.60. The van der Waals surface area contributed by atoms with Crippen LogP contribution in [-0.4, -0.2) is 20.8 Å². The minimum atomic E-state index is 0.220. The van der Waals surface area contributed by atoms with Crippen molar-refractivity contribution in [1.29, 1.82) is 0 Å². The molecule has 0 aromatic carbocycles. The van der Waals surface area contributed by atoms with E-state index in [0.717, 1.165) is 11.7 Å². The molecule has 0 spiro atoms. The topological polar surface area (TPSA) is 45.5 Å². The Hall–Kier alpha value is -0.640. The van der Waals surface area contributed by atoms with Crippen molar-refractivity contribution in [2.75, 3.05) is 0 Å². The van der Waals surface area contributed by atoms with E-state index in [4.69, 9.17) is 11.6 Å². The average Bonchev–Trinajstić information content (AvgIpc) is 2.95. The van der Waals surface area contributed by atoms with E-state index in [1.54, 1.807) is 0 Å². The number of H-pyrrole nitrogens is 1. The maximum absolute atomic E-state index is 6.06. The van der Waals surface area contributed by atoms with Gasteiger partial charge < -0.3 is 0 Å². The van der Waals surface area contributed by atoms with Crippen LogP contribution in [0.25, 0.3) is 0 Å². The number of tetrazole rings is 1. The van der Waals surface area contributed by atoms with Crippen molar-refractivity contribution < 1.29 is 4.80 Å². The Labute approximate surface area is 87.6 Å². The molecule has 1 aromatic rings. The smallest absolute Gasteiger partial charge is 0.118 e. The molecule has 5 heteroatoms. The molecule has 1 heterocycles. The molecule has 2 aliphatic carbocycles. The number of hydrogen-bond acceptors (Lipinski definition) is 2. The molecule has 2 saturated carbocycles. The second kappa shape index (κ2) is 2.69. The predicted molar refractivity (Wildman–Crippen MR) is 50.9 cm³/mol. The van der Waals surface area contributed by atoms with Crippen LogP contribution >= 0.6 is 11.6 Å². The highest BCUT2D eigenvalue weighted by atomic mass is 35.5. The SMILES string of the molecule is CC1CC1c1n[nH][n+](C2C(C)C2Cl)n1. The Morgan fingerprint density at radius 1 is 1.50 bits per heavy atom. The lowest BCUT2D eigenvalue weighted by molar-refractivity contribution is -0.810. The van der Waals surface area contributed by atoms with E-state index in [1.165, 1.54) is 6.42 Å². The largest absolute Gasteiger partial charge is 0.311 e. The van der Waals surface area contributed by atoms with Crippen molar-refractivity contribution in [2.45, 2.75) is 37.6 Å². The molecule has 2 fully saturated rings. The van der Waals surface area contributed by atoms with Crippen molar-refractivity contribution in [3.63, 3.8) is 0 Å². The fourth-order valence-corrected chi connectivity index (χ4v) is 2.38. The highest BCUT2D eigenvalue weighted by Crippen LogP contribution is 2.46. The van der Waals surface area contributed by atoms with Gasteiger partial charge in [-0.2, -0.15) is 0 Å². The lowest BCUT2D eigenvalue weighted by Gasteiger charge is -1.83. The third-order valence-electron chi connectivity index (χ3n) is 3.43. The highest BCUT2D eigenvalue weighted by Gasteiger charge is 2.54. The van der Waals surface area contributed by atoms with Gasteiger partial charge in [0.05, 0.1) is 16.4 Å². The number of aromatic amines is 1. The zero-order valence-electron chi connectivity index (χ0n) is 8.31. The molecule has 76 valence electrons. The van der Waals surface area contributed by atoms with Gasteiger partial charge in [-0.3, -0.25) is 0 Å². The van der Waals surface area contributed by atoms with Crippen LogP contribution in [0.5, 0.6) is 0 Å². The van der Waals surface area contributed by atoms with Gasteiger partial charge >= 0.3 is 5.82 Å². The van der Waals surface area contributed by atoms with Crippen LogP contribution in [0, 0.1) is 11.8 Å². The van der Waals surface area contributed by atoms with Gasteiger partial charge in [-0.15, -0.1) is 11.6 Å². The fraction of sp³-hybridized carbons (Fsp3) is 0.889. The zero-order valence-corrected chi connectivity index (χ0v) is 9.07. The number of rotatable bonds is 2. The Morgan fingerprint density at radius 3 is 2.64 bits per heavy atom. The minimum absolute atomic E-state index is 0.220. The van der Waals surface area contributed by atoms with Gasteiger partial charge in [0.1, 0.15) is 0 Å². The second-order valence-electron chi connectivity index (χ2n) is 4.63. The first-order chi connectivity index (χ1) is 6.68. The predicted octanol–water partition coefficient (Wildman–Crippen LogP) is 1.01. The molecule has 0 bridgehead atoms. The lowest BCUT2D eigenvalue weighted by Crippen LogP contribution is -2.39. The standard InChI is InChI=1S/C9H13ClN4/c1-4-3-6(4)9-11-13-14(12-9)8-5(2)7(8)10/h4-8H,3H2,1-2H3/p+1. The summed E-state index contributed by atoms with van der Waals surface area (Å²) in [5.41, 5.74) is 0. The highest BCUT2D eigenvalue weighted by molar-refractivity contribution is 6.23. The van der Waals surface area contributed by atoms with Crippen LogP contribution in [0.15, 0.2) is 0 Å². The van der Waals surface area contributed by atoms with Gasteiger partial charge in [0, 0.05) is 5.92 Å². The third kappa shape index (κ3) is 1.16. The summed E-state index contributed by atoms with van der Waals surface area (Å²) in [6, 6.07) is 0.326. The third-order valence-corrected chi connectivity index (χ3v) is 4.08. The van der Waals surface area contributed by atoms with Crippen LogP contribution < -0.4 is 4.80 Å². The van der Waals surface area contributed by atoms with E-state index in [1.807, 2.05) is 4.80 Å². The van der Waals surface area contributed by atoms with Crippen molar-refractivity contribution in [3.8, 4) is 0 Å². The minimum Gasteiger partial charge on any atom is -0.118 e. The van der Waals surface area contributed by atoms with E-state index < -0.39 is 0 Å². The molecule has 2 aliphatic rings. The van der Waals surface area contributed by atoms with E-state index in [2.05, 4.69) is 29.3 Å². The van der Waals surface area contributed by atoms with Crippen LogP contribution in [0.4, 0.5) is 0 Å². The molecule has 14 heavy (non-hydrogen) atoms. The molecule has 1 aromatic heterocycles. The summed E-state index contributed by atoms with van der Waals surface area (Å²) < 4.78 is 0. The van der Waals surface area contributed by atoms with Crippen molar-refractivity contribution in [1.82, 2.24) is 15.4 Å². The quantitative estimate of drug-likeness (QED) is 0.589. The van der Waals surface area contributed by atoms with Gasteiger partial charge in [-0.25, -0.2) is 0 Å². The van der Waals surface area contributed by atoms with Crippen LogP contribution in [0.2, 0.25) is 0 Å². The molecule has 0 amide bonds. The summed E-state index contributed by atoms with van der Waals surface area (Å²) in [5.74, 6) is 2.80. The summed E-state index contributed by atoms with van der Waals surface area (Å²) in [6.45, 7) is 4.37. The fourth-order valence-electron chi connectivity index (χ4n) is 1.98. The van der Waals surface area contributed by atoms with Crippen molar-refractivity contribution >= 4 is 11.6 Å². The van der Waals surface area contributed by atoms with E-state index in [9.17, 15) is 0 Å². The van der Waals surface area contributed by atoms with E-state index in [0.29, 0.717) is 17.9 Å². The molecular formula is C9H14ClN4+. The number of nitrogens with one attached hydrogen (secondary N) is 1. The molecule has 0 saturated heterocycles. The van der Waals surface area contributed by atoms with Crippen molar-refractivity contribution in [2.24, 2.45) is 11.8 Å². The zero-order chi connectivity index (χ0) is 9.87. The van der Waals surface area contributed by atoms with Gasteiger partial charge in [0.2, 0.25) is 0 Å². The molecule has 4 nitrogen and oxygen atoms in total. The maximum atomic E-state index is 6.06. The first-order valence-electron chi connectivity index (χ1n) is 5.16. The molecule has 0 aliphatic heterocycles. The Kier molecular flexibility index (Phi) is 1.66. The first kappa shape index (κ1) is 8.65. The molecule has 5 unspecified atom stereocenters. The Balaban J connectivity index is 1.78. The monoisotopic (exact) mass is 213 g/mol. The summed E-state index contributed by atoms with van der Waals surface area (Å²) in [4.78, 5) is 1.82. The summed E-state index contributed by atoms with van der Waals surface area (Å²) in [6.07, 6.45) is 1.22. The summed E-state index contributed by atoms with van der Waals surface area (Å²) >= 11 is 6.06. The molecule has 1 N–H and O–H groups in total. The van der Waals surface area contributed by atoms with Gasteiger partial charge in [-0.1, -0.05) is 18.6 Å². The normalized spacial score (nSPS) is 45.2. The number of halogens is 1. The number of hydrogen-bond donors (Lipinski definition) is 1. The number of alkyl halides is 1. The van der Waals surface area contributed by atoms with E-state index >= 15 is 0 Å². The maximum Gasteiger partial charge on any atom is 0.311 e.